The van der Waals surface area contributed by atoms with Gasteiger partial charge in [0.05, 0.1) is 11.4 Å². The van der Waals surface area contributed by atoms with Crippen LogP contribution in [0.15, 0.2) is 33.6 Å². The summed E-state index contributed by atoms with van der Waals surface area (Å²) in [6.45, 7) is 10.8. The highest BCUT2D eigenvalue weighted by Crippen LogP contribution is 2.25. The van der Waals surface area contributed by atoms with Crippen LogP contribution in [-0.2, 0) is 22.0 Å². The minimum Gasteiger partial charge on any atom is -0.424 e. The quantitative estimate of drug-likeness (QED) is 0.811. The molecule has 0 bridgehead atoms. The van der Waals surface area contributed by atoms with Gasteiger partial charge in [0, 0.05) is 33.1 Å². The summed E-state index contributed by atoms with van der Waals surface area (Å²) in [6.07, 6.45) is 0. The molecule has 1 aromatic carbocycles. The average molecular weight is 378 g/mol. The van der Waals surface area contributed by atoms with Crippen LogP contribution in [0.25, 0.3) is 0 Å². The highest BCUT2D eigenvalue weighted by atomic mass is 32.2. The zero-order valence-electron chi connectivity index (χ0n) is 15.8. The average Bonchev–Trinajstić information content (AvgIpc) is 2.99. The largest absolute Gasteiger partial charge is 0.424 e. The Balaban J connectivity index is 1.64. The number of aryl methyl sites for hydroxylation is 1. The van der Waals surface area contributed by atoms with E-state index in [2.05, 4.69) is 35.9 Å². The van der Waals surface area contributed by atoms with Crippen molar-refractivity contribution in [3.8, 4) is 0 Å². The number of nitrogens with zero attached hydrogens (tertiary/aromatic N) is 4. The van der Waals surface area contributed by atoms with Crippen LogP contribution in [0.2, 0.25) is 0 Å². The van der Waals surface area contributed by atoms with Crippen molar-refractivity contribution in [1.82, 2.24) is 19.4 Å². The van der Waals surface area contributed by atoms with Gasteiger partial charge in [-0.2, -0.15) is 4.31 Å². The van der Waals surface area contributed by atoms with E-state index in [9.17, 15) is 8.42 Å². The predicted octanol–water partition coefficient (Wildman–Crippen LogP) is 2.18. The Morgan fingerprint density at radius 1 is 1.04 bits per heavy atom. The standard InChI is InChI=1S/C18H26N4O3S/c1-14-19-20-17(25-14)13-21-9-11-22(12-10-21)26(23,24)16-7-5-15(6-8-16)18(2,3)4/h5-8H,9-13H2,1-4H3. The van der Waals surface area contributed by atoms with Crippen molar-refractivity contribution >= 4 is 10.0 Å². The topological polar surface area (TPSA) is 79.5 Å². The normalized spacial score (nSPS) is 17.5. The van der Waals surface area contributed by atoms with Crippen LogP contribution in [-0.4, -0.2) is 54.0 Å². The molecule has 3 rings (SSSR count). The summed E-state index contributed by atoms with van der Waals surface area (Å²) >= 11 is 0. The SMILES string of the molecule is Cc1nnc(CN2CCN(S(=O)(=O)c3ccc(C(C)(C)C)cc3)CC2)o1. The van der Waals surface area contributed by atoms with Crippen LogP contribution >= 0.6 is 0 Å². The van der Waals surface area contributed by atoms with Gasteiger partial charge in [-0.15, -0.1) is 10.2 Å². The molecular formula is C18H26N4O3S. The maximum atomic E-state index is 12.9. The van der Waals surface area contributed by atoms with Gasteiger partial charge in [0.15, 0.2) is 0 Å². The molecule has 0 saturated carbocycles. The summed E-state index contributed by atoms with van der Waals surface area (Å²) < 4.78 is 32.7. The highest BCUT2D eigenvalue weighted by Gasteiger charge is 2.29. The molecule has 0 N–H and O–H groups in total. The number of aromatic nitrogens is 2. The molecule has 0 radical (unpaired) electrons. The third-order valence-corrected chi connectivity index (χ3v) is 6.53. The van der Waals surface area contributed by atoms with Crippen LogP contribution in [0.3, 0.4) is 0 Å². The van der Waals surface area contributed by atoms with Gasteiger partial charge < -0.3 is 4.42 Å². The summed E-state index contributed by atoms with van der Waals surface area (Å²) in [5.41, 5.74) is 1.12. The number of sulfonamides is 1. The number of hydrogen-bond donors (Lipinski definition) is 0. The minimum atomic E-state index is -3.46. The molecule has 0 unspecified atom stereocenters. The number of benzene rings is 1. The third-order valence-electron chi connectivity index (χ3n) is 4.62. The Hall–Kier alpha value is -1.77. The van der Waals surface area contributed by atoms with Gasteiger partial charge in [0.2, 0.25) is 21.8 Å². The molecule has 1 saturated heterocycles. The molecule has 7 nitrogen and oxygen atoms in total. The molecule has 1 aliphatic rings. The molecule has 142 valence electrons. The second-order valence-electron chi connectivity index (χ2n) is 7.67. The van der Waals surface area contributed by atoms with Crippen LogP contribution in [0.5, 0.6) is 0 Å². The predicted molar refractivity (Wildman–Crippen MR) is 98.2 cm³/mol. The van der Waals surface area contributed by atoms with Crippen molar-refractivity contribution in [2.75, 3.05) is 26.2 Å². The molecule has 0 aliphatic carbocycles. The lowest BCUT2D eigenvalue weighted by molar-refractivity contribution is 0.167. The van der Waals surface area contributed by atoms with Crippen LogP contribution in [0.1, 0.15) is 38.1 Å². The lowest BCUT2D eigenvalue weighted by Crippen LogP contribution is -2.48. The van der Waals surface area contributed by atoms with Crippen molar-refractivity contribution < 1.29 is 12.8 Å². The Morgan fingerprint density at radius 2 is 1.65 bits per heavy atom. The molecule has 26 heavy (non-hydrogen) atoms. The molecule has 1 aromatic heterocycles. The van der Waals surface area contributed by atoms with E-state index in [1.54, 1.807) is 23.4 Å². The van der Waals surface area contributed by atoms with Crippen LogP contribution in [0, 0.1) is 6.92 Å². The Morgan fingerprint density at radius 3 is 2.15 bits per heavy atom. The monoisotopic (exact) mass is 378 g/mol. The molecule has 0 spiro atoms. The smallest absolute Gasteiger partial charge is 0.243 e. The maximum Gasteiger partial charge on any atom is 0.243 e. The molecule has 0 atom stereocenters. The second kappa shape index (κ2) is 7.09. The first-order chi connectivity index (χ1) is 12.2. The van der Waals surface area contributed by atoms with Crippen molar-refractivity contribution in [2.24, 2.45) is 0 Å². The van der Waals surface area contributed by atoms with E-state index in [0.717, 1.165) is 5.56 Å². The van der Waals surface area contributed by atoms with Crippen molar-refractivity contribution in [3.05, 3.63) is 41.6 Å². The lowest BCUT2D eigenvalue weighted by Gasteiger charge is -2.33. The fourth-order valence-corrected chi connectivity index (χ4v) is 4.42. The van der Waals surface area contributed by atoms with E-state index in [4.69, 9.17) is 4.42 Å². The lowest BCUT2D eigenvalue weighted by atomic mass is 9.87. The highest BCUT2D eigenvalue weighted by molar-refractivity contribution is 7.89. The Labute approximate surface area is 155 Å². The van der Waals surface area contributed by atoms with Crippen LogP contribution < -0.4 is 0 Å². The third kappa shape index (κ3) is 4.13. The van der Waals surface area contributed by atoms with Gasteiger partial charge in [0.25, 0.3) is 0 Å². The summed E-state index contributed by atoms with van der Waals surface area (Å²) in [7, 11) is -3.46. The van der Waals surface area contributed by atoms with E-state index in [1.807, 2.05) is 12.1 Å². The van der Waals surface area contributed by atoms with E-state index in [0.29, 0.717) is 49.4 Å². The molecule has 8 heteroatoms. The van der Waals surface area contributed by atoms with Gasteiger partial charge in [-0.3, -0.25) is 4.90 Å². The molecule has 2 heterocycles. The zero-order valence-corrected chi connectivity index (χ0v) is 16.6. The fourth-order valence-electron chi connectivity index (χ4n) is 3.00. The van der Waals surface area contributed by atoms with Gasteiger partial charge in [-0.1, -0.05) is 32.9 Å². The second-order valence-corrected chi connectivity index (χ2v) is 9.61. The zero-order chi connectivity index (χ0) is 18.9. The fraction of sp³-hybridized carbons (Fsp3) is 0.556. The summed E-state index contributed by atoms with van der Waals surface area (Å²) in [4.78, 5) is 2.48. The van der Waals surface area contributed by atoms with Gasteiger partial charge >= 0.3 is 0 Å². The molecular weight excluding hydrogens is 352 g/mol. The van der Waals surface area contributed by atoms with Gasteiger partial charge in [0.1, 0.15) is 0 Å². The first-order valence-electron chi connectivity index (χ1n) is 8.78. The molecule has 1 aliphatic heterocycles. The van der Waals surface area contributed by atoms with Crippen molar-refractivity contribution in [1.29, 1.82) is 0 Å². The minimum absolute atomic E-state index is 0.00101. The van der Waals surface area contributed by atoms with Crippen molar-refractivity contribution in [2.45, 2.75) is 44.6 Å². The number of rotatable bonds is 4. The van der Waals surface area contributed by atoms with E-state index >= 15 is 0 Å². The maximum absolute atomic E-state index is 12.9. The number of hydrogen-bond acceptors (Lipinski definition) is 6. The molecule has 1 fully saturated rings. The van der Waals surface area contributed by atoms with E-state index in [1.165, 1.54) is 0 Å². The van der Waals surface area contributed by atoms with Crippen LogP contribution in [0.4, 0.5) is 0 Å². The van der Waals surface area contributed by atoms with E-state index < -0.39 is 10.0 Å². The Bertz CT molecular complexity index is 845. The first kappa shape index (κ1) is 19.0. The summed E-state index contributed by atoms with van der Waals surface area (Å²) in [5, 5.41) is 7.81. The summed E-state index contributed by atoms with van der Waals surface area (Å²) in [5.74, 6) is 1.11. The van der Waals surface area contributed by atoms with Gasteiger partial charge in [-0.25, -0.2) is 8.42 Å². The summed E-state index contributed by atoms with van der Waals surface area (Å²) in [6, 6.07) is 7.23. The molecule has 0 amide bonds. The van der Waals surface area contributed by atoms with E-state index in [-0.39, 0.29) is 5.41 Å². The van der Waals surface area contributed by atoms with Gasteiger partial charge in [-0.05, 0) is 23.1 Å². The number of piperazine rings is 1. The Kier molecular flexibility index (Phi) is 5.18. The van der Waals surface area contributed by atoms with Crippen molar-refractivity contribution in [3.63, 3.8) is 0 Å². The first-order valence-corrected chi connectivity index (χ1v) is 10.2. The molecule has 2 aromatic rings.